The molecule has 0 atom stereocenters. The zero-order valence-corrected chi connectivity index (χ0v) is 5.55. The van der Waals surface area contributed by atoms with Gasteiger partial charge < -0.3 is 5.32 Å². The first kappa shape index (κ1) is 8.18. The molecule has 0 aliphatic carbocycles. The molecule has 0 bridgehead atoms. The van der Waals surface area contributed by atoms with E-state index in [0.717, 1.165) is 0 Å². The Kier molecular flexibility index (Phi) is 7.34. The lowest BCUT2D eigenvalue weighted by molar-refractivity contribution is 0.520. The van der Waals surface area contributed by atoms with Gasteiger partial charge in [0.25, 0.3) is 0 Å². The predicted molar refractivity (Wildman–Crippen MR) is 33.7 cm³/mol. The van der Waals surface area contributed by atoms with Gasteiger partial charge in [0, 0.05) is 0 Å². The molecule has 0 spiro atoms. The van der Waals surface area contributed by atoms with E-state index < -0.39 is 0 Å². The van der Waals surface area contributed by atoms with Crippen LogP contribution in [0.5, 0.6) is 0 Å². The third-order valence-corrected chi connectivity index (χ3v) is 1.21. The molecule has 1 N–H and O–H groups in total. The second-order valence-corrected chi connectivity index (χ2v) is 1.81. The first-order valence-corrected chi connectivity index (χ1v) is 3.14. The van der Waals surface area contributed by atoms with Gasteiger partial charge in [-0.25, -0.2) is 0 Å². The van der Waals surface area contributed by atoms with Crippen LogP contribution in [0.25, 0.3) is 0 Å². The molecular formula is C5H11ClFN. The van der Waals surface area contributed by atoms with Crippen molar-refractivity contribution in [3.63, 3.8) is 0 Å². The monoisotopic (exact) mass is 139 g/mol. The topological polar surface area (TPSA) is 12.0 Å². The van der Waals surface area contributed by atoms with Crippen LogP contribution < -0.4 is 5.32 Å². The first-order valence-electron chi connectivity index (χ1n) is 2.85. The molecule has 1 nitrogen and oxygen atoms in total. The highest BCUT2D eigenvalue weighted by Crippen LogP contribution is 1.96. The normalized spacial score (nSPS) is 18.8. The lowest BCUT2D eigenvalue weighted by Gasteiger charge is -2.08. The molecule has 0 aromatic heterocycles. The molecule has 1 aliphatic heterocycles. The van der Waals surface area contributed by atoms with Gasteiger partial charge in [-0.05, 0) is 25.9 Å². The molecule has 1 rings (SSSR count). The van der Waals surface area contributed by atoms with Crippen molar-refractivity contribution in [3.05, 3.63) is 0 Å². The molecule has 0 saturated carbocycles. The summed E-state index contributed by atoms with van der Waals surface area (Å²) in [6, 6.07) is 0. The van der Waals surface area contributed by atoms with Crippen LogP contribution in [0.2, 0.25) is 0 Å². The van der Waals surface area contributed by atoms with E-state index in [9.17, 15) is 0 Å². The van der Waals surface area contributed by atoms with Gasteiger partial charge in [-0.2, -0.15) is 0 Å². The number of rotatable bonds is 0. The van der Waals surface area contributed by atoms with E-state index in [2.05, 4.69) is 17.3 Å². The molecule has 0 aromatic rings. The molecule has 1 heterocycles. The lowest BCUT2D eigenvalue weighted by atomic mass is 10.2. The van der Waals surface area contributed by atoms with Crippen molar-refractivity contribution in [3.8, 4) is 0 Å². The van der Waals surface area contributed by atoms with Crippen LogP contribution in [-0.2, 0) is 0 Å². The van der Waals surface area contributed by atoms with E-state index in [1.807, 2.05) is 0 Å². The van der Waals surface area contributed by atoms with Crippen molar-refractivity contribution >= 4 is 12.0 Å². The van der Waals surface area contributed by atoms with E-state index in [4.69, 9.17) is 3.98 Å². The molecule has 0 aromatic carbocycles. The Morgan fingerprint density at radius 2 is 1.50 bits per heavy atom. The van der Waals surface area contributed by atoms with Crippen LogP contribution in [0.15, 0.2) is 0 Å². The fourth-order valence-corrected chi connectivity index (χ4v) is 0.802. The van der Waals surface area contributed by atoms with E-state index in [1.54, 1.807) is 0 Å². The summed E-state index contributed by atoms with van der Waals surface area (Å²) in [5, 5.41) is 3.28. The molecule has 3 heteroatoms. The maximum atomic E-state index is 8.97. The molecule has 0 amide bonds. The highest BCUT2D eigenvalue weighted by Gasteiger charge is 1.93. The van der Waals surface area contributed by atoms with Crippen molar-refractivity contribution in [1.82, 2.24) is 5.32 Å². The maximum absolute atomic E-state index is 8.97. The summed E-state index contributed by atoms with van der Waals surface area (Å²) in [5.74, 6) is 0. The van der Waals surface area contributed by atoms with Crippen LogP contribution in [0.1, 0.15) is 19.3 Å². The Hall–Kier alpha value is 0.180. The summed E-state index contributed by atoms with van der Waals surface area (Å²) < 4.78 is 8.97. The summed E-state index contributed by atoms with van der Waals surface area (Å²) in [7, 11) is 0. The summed E-state index contributed by atoms with van der Waals surface area (Å²) in [4.78, 5) is 0. The third-order valence-electron chi connectivity index (χ3n) is 1.21. The fourth-order valence-electron chi connectivity index (χ4n) is 0.802. The van der Waals surface area contributed by atoms with Crippen molar-refractivity contribution in [2.24, 2.45) is 0 Å². The minimum Gasteiger partial charge on any atom is -0.317 e. The van der Waals surface area contributed by atoms with Crippen molar-refractivity contribution < 1.29 is 3.98 Å². The van der Waals surface area contributed by atoms with Gasteiger partial charge in [-0.3, -0.25) is 0 Å². The van der Waals surface area contributed by atoms with Gasteiger partial charge in [0.05, 0.1) is 0 Å². The average molecular weight is 140 g/mol. The lowest BCUT2D eigenvalue weighted by Crippen LogP contribution is -2.21. The van der Waals surface area contributed by atoms with E-state index in [1.165, 1.54) is 32.4 Å². The van der Waals surface area contributed by atoms with Crippen LogP contribution in [0.3, 0.4) is 0 Å². The zero-order chi connectivity index (χ0) is 6.24. The highest BCUT2D eigenvalue weighted by molar-refractivity contribution is 6.06. The predicted octanol–water partition coefficient (Wildman–Crippen LogP) is 1.87. The molecule has 1 aliphatic rings. The molecule has 8 heavy (non-hydrogen) atoms. The molecule has 0 unspecified atom stereocenters. The number of halogens is 2. The van der Waals surface area contributed by atoms with Crippen LogP contribution in [-0.4, -0.2) is 13.1 Å². The smallest absolute Gasteiger partial charge is 0.116 e. The second kappa shape index (κ2) is 7.18. The number of piperidine rings is 1. The van der Waals surface area contributed by atoms with Crippen LogP contribution in [0.4, 0.5) is 3.98 Å². The van der Waals surface area contributed by atoms with Gasteiger partial charge in [-0.15, -0.1) is 3.98 Å². The van der Waals surface area contributed by atoms with Crippen molar-refractivity contribution in [2.75, 3.05) is 13.1 Å². The van der Waals surface area contributed by atoms with E-state index in [0.29, 0.717) is 0 Å². The molecule has 50 valence electrons. The van der Waals surface area contributed by atoms with Crippen LogP contribution >= 0.6 is 12.0 Å². The Balaban J connectivity index is 0.000000222. The Labute approximate surface area is 54.5 Å². The van der Waals surface area contributed by atoms with Crippen LogP contribution in [0, 0.1) is 0 Å². The van der Waals surface area contributed by atoms with E-state index >= 15 is 0 Å². The largest absolute Gasteiger partial charge is 0.317 e. The highest BCUT2D eigenvalue weighted by atomic mass is 35.5. The average Bonchev–Trinajstić information content (AvgIpc) is 1.96. The minimum absolute atomic E-state index is 1.25. The maximum Gasteiger partial charge on any atom is 0.116 e. The summed E-state index contributed by atoms with van der Waals surface area (Å²) in [5.41, 5.74) is 0. The Morgan fingerprint density at radius 3 is 1.62 bits per heavy atom. The first-order chi connectivity index (χ1) is 4.00. The van der Waals surface area contributed by atoms with Gasteiger partial charge >= 0.3 is 0 Å². The van der Waals surface area contributed by atoms with Gasteiger partial charge in [0.1, 0.15) is 12.0 Å². The Morgan fingerprint density at radius 1 is 1.00 bits per heavy atom. The van der Waals surface area contributed by atoms with Gasteiger partial charge in [0.2, 0.25) is 0 Å². The van der Waals surface area contributed by atoms with Gasteiger partial charge in [-0.1, -0.05) is 6.42 Å². The standard InChI is InChI=1S/C5H11N.ClF/c1-2-4-6-5-3-1;1-2/h6H,1-5H2;. The van der Waals surface area contributed by atoms with Crippen molar-refractivity contribution in [2.45, 2.75) is 19.3 Å². The number of nitrogens with one attached hydrogen (secondary N) is 1. The van der Waals surface area contributed by atoms with E-state index in [-0.39, 0.29) is 0 Å². The summed E-state index contributed by atoms with van der Waals surface area (Å²) in [6.07, 6.45) is 4.22. The fraction of sp³-hybridized carbons (Fsp3) is 1.00. The third kappa shape index (κ3) is 4.34. The minimum atomic E-state index is 1.25. The molecular weight excluding hydrogens is 129 g/mol. The van der Waals surface area contributed by atoms with Gasteiger partial charge in [0.15, 0.2) is 0 Å². The number of hydrogen-bond donors (Lipinski definition) is 1. The Bertz CT molecular complexity index is 27.9. The summed E-state index contributed by atoms with van der Waals surface area (Å²) >= 11 is 3.14. The quantitative estimate of drug-likeness (QED) is 0.540. The number of hydrogen-bond acceptors (Lipinski definition) is 1. The zero-order valence-electron chi connectivity index (χ0n) is 4.79. The second-order valence-electron chi connectivity index (χ2n) is 1.81. The molecule has 1 fully saturated rings. The molecule has 0 radical (unpaired) electrons. The van der Waals surface area contributed by atoms with Crippen molar-refractivity contribution in [1.29, 1.82) is 0 Å². The SMILES string of the molecule is C1CCNCC1.FCl. The summed E-state index contributed by atoms with van der Waals surface area (Å²) in [6.45, 7) is 2.50. The molecule has 1 saturated heterocycles.